The lowest BCUT2D eigenvalue weighted by molar-refractivity contribution is -0.665. The predicted octanol–water partition coefficient (Wildman–Crippen LogP) is 1.04. The molecule has 0 unspecified atom stereocenters. The fourth-order valence-corrected chi connectivity index (χ4v) is 3.22. The molecule has 2 fully saturated rings. The molecule has 2 N–H and O–H groups in total. The highest BCUT2D eigenvalue weighted by Gasteiger charge is 2.37. The van der Waals surface area contributed by atoms with E-state index in [2.05, 4.69) is 5.32 Å². The summed E-state index contributed by atoms with van der Waals surface area (Å²) < 4.78 is 5.79. The number of carbonyl (C=O) groups is 2. The molecule has 1 aliphatic heterocycles. The second kappa shape index (κ2) is 6.04. The molecule has 0 atom stereocenters. The average Bonchev–Trinajstić information content (AvgIpc) is 2.40. The van der Waals surface area contributed by atoms with Crippen LogP contribution in [0.4, 0.5) is 0 Å². The van der Waals surface area contributed by atoms with Gasteiger partial charge in [0.1, 0.15) is 11.4 Å². The largest absolute Gasteiger partial charge is 0.459 e. The van der Waals surface area contributed by atoms with Crippen LogP contribution in [0.5, 0.6) is 0 Å². The number of carbonyl (C=O) groups excluding carboxylic acids is 2. The van der Waals surface area contributed by atoms with Crippen LogP contribution in [0.25, 0.3) is 0 Å². The number of hydrogen-bond donors (Lipinski definition) is 1. The van der Waals surface area contributed by atoms with Crippen LogP contribution in [0.3, 0.4) is 0 Å². The van der Waals surface area contributed by atoms with E-state index in [1.54, 1.807) is 0 Å². The maximum absolute atomic E-state index is 12.2. The number of esters is 1. The number of ether oxygens (including phenoxy) is 1. The van der Waals surface area contributed by atoms with Crippen molar-refractivity contribution in [2.75, 3.05) is 13.1 Å². The van der Waals surface area contributed by atoms with E-state index in [1.165, 1.54) is 0 Å². The Hall–Kier alpha value is -0.900. The molecule has 4 heteroatoms. The maximum Gasteiger partial charge on any atom is 0.309 e. The van der Waals surface area contributed by atoms with Crippen molar-refractivity contribution in [3.05, 3.63) is 0 Å². The van der Waals surface area contributed by atoms with Gasteiger partial charge in [0.25, 0.3) is 0 Å². The van der Waals surface area contributed by atoms with Crippen molar-refractivity contribution >= 4 is 11.8 Å². The summed E-state index contributed by atoms with van der Waals surface area (Å²) in [5.74, 6) is 0.594. The molecule has 0 aromatic carbocycles. The lowest BCUT2D eigenvalue weighted by Crippen LogP contribution is -2.86. The van der Waals surface area contributed by atoms with Crippen molar-refractivity contribution in [2.45, 2.75) is 58.0 Å². The molecule has 1 saturated heterocycles. The number of nitrogens with two attached hydrogens (primary N) is 1. The molecule has 0 aromatic heterocycles. The van der Waals surface area contributed by atoms with Gasteiger partial charge in [-0.1, -0.05) is 0 Å². The number of Topliss-reactive ketones (excluding diaryl/α,β-unsaturated/α-hetero) is 1. The minimum atomic E-state index is -0.368. The number of rotatable bonds is 3. The van der Waals surface area contributed by atoms with Crippen molar-refractivity contribution in [1.29, 1.82) is 0 Å². The van der Waals surface area contributed by atoms with E-state index in [1.807, 2.05) is 13.8 Å². The van der Waals surface area contributed by atoms with Gasteiger partial charge in [-0.15, -0.1) is 0 Å². The van der Waals surface area contributed by atoms with Gasteiger partial charge in [-0.25, -0.2) is 0 Å². The monoisotopic (exact) mass is 268 g/mol. The predicted molar refractivity (Wildman–Crippen MR) is 71.5 cm³/mol. The molecule has 1 heterocycles. The fourth-order valence-electron chi connectivity index (χ4n) is 3.22. The standard InChI is InChI=1S/C15H25NO3/c1-15(2,12-7-9-16-10-8-12)19-14(18)11-3-5-13(17)6-4-11/h11-12,16H,3-10H2,1-2H3/p+1. The Balaban J connectivity index is 1.87. The Morgan fingerprint density at radius 1 is 1.16 bits per heavy atom. The van der Waals surface area contributed by atoms with Gasteiger partial charge in [0, 0.05) is 31.6 Å². The summed E-state index contributed by atoms with van der Waals surface area (Å²) >= 11 is 0. The summed E-state index contributed by atoms with van der Waals surface area (Å²) in [6.45, 7) is 6.33. The van der Waals surface area contributed by atoms with E-state index in [4.69, 9.17) is 4.74 Å². The summed E-state index contributed by atoms with van der Waals surface area (Å²) in [5.41, 5.74) is -0.368. The first-order valence-corrected chi connectivity index (χ1v) is 7.55. The molecule has 1 saturated carbocycles. The van der Waals surface area contributed by atoms with Crippen LogP contribution < -0.4 is 5.32 Å². The molecule has 0 bridgehead atoms. The van der Waals surface area contributed by atoms with Crippen LogP contribution in [0, 0.1) is 11.8 Å². The molecule has 0 amide bonds. The van der Waals surface area contributed by atoms with Gasteiger partial charge >= 0.3 is 5.97 Å². The quantitative estimate of drug-likeness (QED) is 0.778. The molecule has 0 radical (unpaired) electrons. The third-order valence-corrected chi connectivity index (χ3v) is 4.66. The fraction of sp³-hybridized carbons (Fsp3) is 0.867. The van der Waals surface area contributed by atoms with Gasteiger partial charge in [0.15, 0.2) is 0 Å². The van der Waals surface area contributed by atoms with E-state index < -0.39 is 0 Å². The van der Waals surface area contributed by atoms with E-state index in [0.29, 0.717) is 31.6 Å². The lowest BCUT2D eigenvalue weighted by Gasteiger charge is -2.36. The van der Waals surface area contributed by atoms with Crippen LogP contribution >= 0.6 is 0 Å². The Morgan fingerprint density at radius 3 is 2.32 bits per heavy atom. The lowest BCUT2D eigenvalue weighted by atomic mass is 9.83. The first kappa shape index (κ1) is 14.5. The zero-order valence-corrected chi connectivity index (χ0v) is 12.1. The number of quaternary nitrogens is 1. The smallest absolute Gasteiger partial charge is 0.309 e. The Bertz CT molecular complexity index is 335. The van der Waals surface area contributed by atoms with Gasteiger partial charge in [0.2, 0.25) is 0 Å². The van der Waals surface area contributed by atoms with Crippen LogP contribution in [0.2, 0.25) is 0 Å². The SMILES string of the molecule is CC(C)(OC(=O)C1CCC(=O)CC1)C1CC[NH2+]CC1. The van der Waals surface area contributed by atoms with Crippen LogP contribution in [0.15, 0.2) is 0 Å². The molecular formula is C15H26NO3+. The summed E-state index contributed by atoms with van der Waals surface area (Å²) in [5, 5.41) is 2.32. The van der Waals surface area contributed by atoms with Gasteiger partial charge < -0.3 is 10.1 Å². The minimum absolute atomic E-state index is 0.0628. The molecule has 0 aromatic rings. The van der Waals surface area contributed by atoms with E-state index in [-0.39, 0.29) is 23.3 Å². The summed E-state index contributed by atoms with van der Waals surface area (Å²) in [4.78, 5) is 23.4. The van der Waals surface area contributed by atoms with Gasteiger partial charge in [0.05, 0.1) is 19.0 Å². The van der Waals surface area contributed by atoms with Crippen LogP contribution in [-0.2, 0) is 14.3 Å². The first-order chi connectivity index (χ1) is 8.99. The first-order valence-electron chi connectivity index (χ1n) is 7.55. The van der Waals surface area contributed by atoms with Crippen LogP contribution in [-0.4, -0.2) is 30.4 Å². The third-order valence-electron chi connectivity index (χ3n) is 4.66. The summed E-state index contributed by atoms with van der Waals surface area (Å²) in [6, 6.07) is 0. The zero-order chi connectivity index (χ0) is 13.9. The average molecular weight is 268 g/mol. The topological polar surface area (TPSA) is 60.0 Å². The molecule has 108 valence electrons. The highest BCUT2D eigenvalue weighted by Crippen LogP contribution is 2.31. The van der Waals surface area contributed by atoms with Crippen LogP contribution in [0.1, 0.15) is 52.4 Å². The molecule has 0 spiro atoms. The molecule has 2 aliphatic rings. The zero-order valence-electron chi connectivity index (χ0n) is 12.1. The van der Waals surface area contributed by atoms with Crippen molar-refractivity contribution in [2.24, 2.45) is 11.8 Å². The van der Waals surface area contributed by atoms with Crippen molar-refractivity contribution in [3.63, 3.8) is 0 Å². The second-order valence-corrected chi connectivity index (χ2v) is 6.48. The minimum Gasteiger partial charge on any atom is -0.459 e. The highest BCUT2D eigenvalue weighted by atomic mass is 16.6. The van der Waals surface area contributed by atoms with E-state index >= 15 is 0 Å². The second-order valence-electron chi connectivity index (χ2n) is 6.48. The molecular weight excluding hydrogens is 242 g/mol. The summed E-state index contributed by atoms with van der Waals surface area (Å²) in [6.07, 6.45) is 4.66. The Morgan fingerprint density at radius 2 is 1.74 bits per heavy atom. The molecule has 2 rings (SSSR count). The normalized spacial score (nSPS) is 23.4. The number of hydrogen-bond acceptors (Lipinski definition) is 3. The number of ketones is 1. The van der Waals surface area contributed by atoms with Crippen molar-refractivity contribution in [1.82, 2.24) is 0 Å². The highest BCUT2D eigenvalue weighted by molar-refractivity contribution is 5.82. The van der Waals surface area contributed by atoms with E-state index in [0.717, 1.165) is 25.9 Å². The Labute approximate surface area is 115 Å². The van der Waals surface area contributed by atoms with Gasteiger partial charge in [-0.3, -0.25) is 9.59 Å². The third kappa shape index (κ3) is 3.78. The Kier molecular flexibility index (Phi) is 4.61. The maximum atomic E-state index is 12.2. The molecule has 1 aliphatic carbocycles. The van der Waals surface area contributed by atoms with Gasteiger partial charge in [-0.2, -0.15) is 0 Å². The van der Waals surface area contributed by atoms with Crippen molar-refractivity contribution in [3.8, 4) is 0 Å². The van der Waals surface area contributed by atoms with Crippen molar-refractivity contribution < 1.29 is 19.6 Å². The molecule has 19 heavy (non-hydrogen) atoms. The van der Waals surface area contributed by atoms with Gasteiger partial charge in [-0.05, 0) is 26.7 Å². The summed E-state index contributed by atoms with van der Waals surface area (Å²) in [7, 11) is 0. The van der Waals surface area contributed by atoms with E-state index in [9.17, 15) is 9.59 Å². The molecule has 4 nitrogen and oxygen atoms in total. The number of piperidine rings is 1.